The third kappa shape index (κ3) is 2.11. The van der Waals surface area contributed by atoms with Gasteiger partial charge in [0.05, 0.1) is 12.7 Å². The van der Waals surface area contributed by atoms with Gasteiger partial charge in [-0.3, -0.25) is 0 Å². The largest absolute Gasteiger partial charge is 0.496 e. The summed E-state index contributed by atoms with van der Waals surface area (Å²) in [7, 11) is 3.46. The van der Waals surface area contributed by atoms with Crippen molar-refractivity contribution in [3.63, 3.8) is 0 Å². The van der Waals surface area contributed by atoms with Crippen molar-refractivity contribution in [2.75, 3.05) is 19.5 Å². The van der Waals surface area contributed by atoms with Gasteiger partial charge in [-0.2, -0.15) is 0 Å². The second kappa shape index (κ2) is 5.00. The van der Waals surface area contributed by atoms with Gasteiger partial charge < -0.3 is 10.1 Å². The Labute approximate surface area is 106 Å². The van der Waals surface area contributed by atoms with E-state index < -0.39 is 0 Å². The van der Waals surface area contributed by atoms with Crippen LogP contribution in [0.3, 0.4) is 0 Å². The van der Waals surface area contributed by atoms with E-state index in [0.29, 0.717) is 11.5 Å². The lowest BCUT2D eigenvalue weighted by Crippen LogP contribution is -2.02. The molecule has 0 radical (unpaired) electrons. The predicted molar refractivity (Wildman–Crippen MR) is 70.8 cm³/mol. The van der Waals surface area contributed by atoms with Crippen LogP contribution in [0.15, 0.2) is 18.5 Å². The van der Waals surface area contributed by atoms with Gasteiger partial charge in [0.2, 0.25) is 0 Å². The first-order chi connectivity index (χ1) is 8.67. The maximum Gasteiger partial charge on any atom is 0.156 e. The molecule has 0 aliphatic heterocycles. The van der Waals surface area contributed by atoms with Gasteiger partial charge in [-0.05, 0) is 31.0 Å². The van der Waals surface area contributed by atoms with Crippen LogP contribution in [-0.4, -0.2) is 29.3 Å². The van der Waals surface area contributed by atoms with Gasteiger partial charge in [0.1, 0.15) is 17.8 Å². The fourth-order valence-corrected chi connectivity index (χ4v) is 2.02. The van der Waals surface area contributed by atoms with Crippen molar-refractivity contribution in [3.05, 3.63) is 29.6 Å². The second-order valence-electron chi connectivity index (χ2n) is 4.07. The van der Waals surface area contributed by atoms with Crippen LogP contribution in [0, 0.1) is 13.8 Å². The van der Waals surface area contributed by atoms with E-state index >= 15 is 0 Å². The Morgan fingerprint density at radius 2 is 2.00 bits per heavy atom. The van der Waals surface area contributed by atoms with E-state index in [1.807, 2.05) is 27.0 Å². The highest BCUT2D eigenvalue weighted by molar-refractivity contribution is 5.78. The van der Waals surface area contributed by atoms with Crippen LogP contribution in [0.2, 0.25) is 0 Å². The Balaban J connectivity index is 2.70. The third-order valence-electron chi connectivity index (χ3n) is 2.76. The lowest BCUT2D eigenvalue weighted by atomic mass is 10.0. The molecule has 5 nitrogen and oxygen atoms in total. The van der Waals surface area contributed by atoms with Gasteiger partial charge in [0.25, 0.3) is 0 Å². The van der Waals surface area contributed by atoms with Crippen LogP contribution >= 0.6 is 0 Å². The Bertz CT molecular complexity index is 569. The van der Waals surface area contributed by atoms with Crippen LogP contribution in [0.25, 0.3) is 11.3 Å². The summed E-state index contributed by atoms with van der Waals surface area (Å²) in [5.74, 6) is 1.47. The molecule has 1 heterocycles. The molecule has 0 atom stereocenters. The predicted octanol–water partition coefficient (Wildman–Crippen LogP) is 2.21. The number of nitrogens with zero attached hydrogens (tertiary/aromatic N) is 3. The number of hydrogen-bond donors (Lipinski definition) is 1. The smallest absolute Gasteiger partial charge is 0.156 e. The van der Waals surface area contributed by atoms with Gasteiger partial charge >= 0.3 is 0 Å². The average Bonchev–Trinajstić information content (AvgIpc) is 2.38. The molecule has 0 saturated heterocycles. The first-order valence-electron chi connectivity index (χ1n) is 5.68. The van der Waals surface area contributed by atoms with Crippen LogP contribution < -0.4 is 10.1 Å². The summed E-state index contributed by atoms with van der Waals surface area (Å²) < 4.78 is 5.44. The number of rotatable bonds is 3. The second-order valence-corrected chi connectivity index (χ2v) is 4.07. The molecule has 0 aliphatic carbocycles. The summed E-state index contributed by atoms with van der Waals surface area (Å²) in [6, 6.07) is 4.07. The molecular weight excluding hydrogens is 228 g/mol. The molecule has 0 unspecified atom stereocenters. The minimum atomic E-state index is 0.690. The highest BCUT2D eigenvalue weighted by atomic mass is 16.5. The zero-order valence-electron chi connectivity index (χ0n) is 11.0. The Hall–Kier alpha value is -2.17. The summed E-state index contributed by atoms with van der Waals surface area (Å²) in [4.78, 5) is 4.17. The monoisotopic (exact) mass is 244 g/mol. The van der Waals surface area contributed by atoms with Gasteiger partial charge in [-0.15, -0.1) is 10.2 Å². The number of anilines is 1. The summed E-state index contributed by atoms with van der Waals surface area (Å²) in [6.45, 7) is 4.06. The molecule has 18 heavy (non-hydrogen) atoms. The quantitative estimate of drug-likeness (QED) is 0.897. The van der Waals surface area contributed by atoms with E-state index in [-0.39, 0.29) is 0 Å². The van der Waals surface area contributed by atoms with Crippen molar-refractivity contribution >= 4 is 5.82 Å². The third-order valence-corrected chi connectivity index (χ3v) is 2.76. The lowest BCUT2D eigenvalue weighted by molar-refractivity contribution is 0.415. The molecule has 5 heteroatoms. The number of aryl methyl sites for hydroxylation is 2. The molecule has 94 valence electrons. The maximum atomic E-state index is 5.44. The Kier molecular flexibility index (Phi) is 3.41. The van der Waals surface area contributed by atoms with E-state index in [0.717, 1.165) is 22.4 Å². The normalized spacial score (nSPS) is 10.2. The lowest BCUT2D eigenvalue weighted by Gasteiger charge is -2.13. The standard InChI is InChI=1S/C13H16N4O/c1-8-5-9(2)11(10(6-8)18-4)12-13(14-3)15-7-16-17-12/h5-7H,1-4H3,(H,14,15,16). The summed E-state index contributed by atoms with van der Waals surface area (Å²) in [5.41, 5.74) is 3.86. The first-order valence-corrected chi connectivity index (χ1v) is 5.68. The van der Waals surface area contributed by atoms with E-state index in [1.54, 1.807) is 7.11 Å². The fourth-order valence-electron chi connectivity index (χ4n) is 2.02. The number of aromatic nitrogens is 3. The minimum absolute atomic E-state index is 0.690. The summed E-state index contributed by atoms with van der Waals surface area (Å²) in [5, 5.41) is 11.0. The molecule has 0 spiro atoms. The molecule has 0 fully saturated rings. The van der Waals surface area contributed by atoms with Gasteiger partial charge in [-0.25, -0.2) is 4.98 Å². The SMILES string of the molecule is CNc1ncnnc1-c1c(C)cc(C)cc1OC. The molecule has 2 aromatic rings. The van der Waals surface area contributed by atoms with Crippen molar-refractivity contribution in [2.45, 2.75) is 13.8 Å². The van der Waals surface area contributed by atoms with Crippen molar-refractivity contribution < 1.29 is 4.74 Å². The first kappa shape index (κ1) is 12.3. The van der Waals surface area contributed by atoms with Crippen molar-refractivity contribution in [3.8, 4) is 17.0 Å². The highest BCUT2D eigenvalue weighted by Crippen LogP contribution is 2.35. The number of nitrogens with one attached hydrogen (secondary N) is 1. The molecule has 1 N–H and O–H groups in total. The Morgan fingerprint density at radius 3 is 2.67 bits per heavy atom. The van der Waals surface area contributed by atoms with Crippen molar-refractivity contribution in [2.24, 2.45) is 0 Å². The number of methoxy groups -OCH3 is 1. The number of ether oxygens (including phenoxy) is 1. The van der Waals surface area contributed by atoms with Gasteiger partial charge in [0.15, 0.2) is 5.82 Å². The van der Waals surface area contributed by atoms with Crippen molar-refractivity contribution in [1.29, 1.82) is 0 Å². The highest BCUT2D eigenvalue weighted by Gasteiger charge is 2.16. The van der Waals surface area contributed by atoms with E-state index in [9.17, 15) is 0 Å². The molecule has 1 aromatic heterocycles. The fraction of sp³-hybridized carbons (Fsp3) is 0.308. The van der Waals surface area contributed by atoms with E-state index in [1.165, 1.54) is 6.33 Å². The van der Waals surface area contributed by atoms with E-state index in [4.69, 9.17) is 4.74 Å². The molecule has 0 saturated carbocycles. The molecular formula is C13H16N4O. The summed E-state index contributed by atoms with van der Waals surface area (Å²) in [6.07, 6.45) is 1.42. The van der Waals surface area contributed by atoms with Crippen LogP contribution in [-0.2, 0) is 0 Å². The maximum absolute atomic E-state index is 5.44. The van der Waals surface area contributed by atoms with Crippen LogP contribution in [0.4, 0.5) is 5.82 Å². The van der Waals surface area contributed by atoms with Crippen molar-refractivity contribution in [1.82, 2.24) is 15.2 Å². The van der Waals surface area contributed by atoms with E-state index in [2.05, 4.69) is 26.6 Å². The number of hydrogen-bond acceptors (Lipinski definition) is 5. The topological polar surface area (TPSA) is 59.9 Å². The van der Waals surface area contributed by atoms with Gasteiger partial charge in [0, 0.05) is 7.05 Å². The molecule has 0 aliphatic rings. The van der Waals surface area contributed by atoms with Gasteiger partial charge in [-0.1, -0.05) is 6.07 Å². The Morgan fingerprint density at radius 1 is 1.22 bits per heavy atom. The molecule has 2 rings (SSSR count). The number of benzene rings is 1. The average molecular weight is 244 g/mol. The summed E-state index contributed by atoms with van der Waals surface area (Å²) >= 11 is 0. The minimum Gasteiger partial charge on any atom is -0.496 e. The zero-order chi connectivity index (χ0) is 13.1. The van der Waals surface area contributed by atoms with Crippen LogP contribution in [0.1, 0.15) is 11.1 Å². The van der Waals surface area contributed by atoms with Crippen LogP contribution in [0.5, 0.6) is 5.75 Å². The molecule has 0 amide bonds. The zero-order valence-corrected chi connectivity index (χ0v) is 11.0. The molecule has 1 aromatic carbocycles. The molecule has 0 bridgehead atoms.